The Labute approximate surface area is 210 Å². The van der Waals surface area contributed by atoms with Crippen molar-refractivity contribution < 1.29 is 28.9 Å². The quantitative estimate of drug-likeness (QED) is 0.464. The number of nitrogens with zero attached hydrogens (tertiary/aromatic N) is 2. The van der Waals surface area contributed by atoms with Gasteiger partial charge in [0.05, 0.1) is 35.6 Å². The van der Waals surface area contributed by atoms with Gasteiger partial charge in [-0.2, -0.15) is 0 Å². The predicted molar refractivity (Wildman–Crippen MR) is 133 cm³/mol. The van der Waals surface area contributed by atoms with Crippen LogP contribution in [0, 0.1) is 0 Å². The number of hydrogen-bond donors (Lipinski definition) is 1. The van der Waals surface area contributed by atoms with Crippen molar-refractivity contribution in [1.82, 2.24) is 4.57 Å². The van der Waals surface area contributed by atoms with Gasteiger partial charge in [0.1, 0.15) is 11.5 Å². The van der Waals surface area contributed by atoms with Crippen LogP contribution in [-0.4, -0.2) is 41.9 Å². The third-order valence-electron chi connectivity index (χ3n) is 5.49. The van der Waals surface area contributed by atoms with Crippen molar-refractivity contribution in [2.45, 2.75) is 19.9 Å². The molecule has 10 heteroatoms. The molecule has 0 bridgehead atoms. The Bertz CT molecular complexity index is 1500. The van der Waals surface area contributed by atoms with Gasteiger partial charge >= 0.3 is 11.9 Å². The molecular formula is C26H24N2O7S. The van der Waals surface area contributed by atoms with E-state index in [-0.39, 0.29) is 12.2 Å². The second-order valence-electron chi connectivity index (χ2n) is 7.83. The minimum Gasteiger partial charge on any atom is -0.497 e. The van der Waals surface area contributed by atoms with Gasteiger partial charge in [0.15, 0.2) is 11.4 Å². The maximum absolute atomic E-state index is 13.6. The van der Waals surface area contributed by atoms with Gasteiger partial charge in [-0.3, -0.25) is 9.36 Å². The highest BCUT2D eigenvalue weighted by atomic mass is 32.1. The van der Waals surface area contributed by atoms with E-state index < -0.39 is 24.6 Å². The van der Waals surface area contributed by atoms with E-state index in [0.29, 0.717) is 32.1 Å². The van der Waals surface area contributed by atoms with Crippen molar-refractivity contribution in [3.05, 3.63) is 90.6 Å². The van der Waals surface area contributed by atoms with Crippen LogP contribution in [0.3, 0.4) is 0 Å². The molecule has 0 spiro atoms. The summed E-state index contributed by atoms with van der Waals surface area (Å²) in [5.74, 6) is -0.527. The van der Waals surface area contributed by atoms with Crippen LogP contribution in [0.1, 0.15) is 31.0 Å². The number of ether oxygens (including phenoxy) is 3. The zero-order valence-corrected chi connectivity index (χ0v) is 20.7. The highest BCUT2D eigenvalue weighted by Gasteiger charge is 2.33. The first-order valence-corrected chi connectivity index (χ1v) is 11.9. The number of esters is 1. The predicted octanol–water partition coefficient (Wildman–Crippen LogP) is 2.27. The largest absolute Gasteiger partial charge is 0.497 e. The van der Waals surface area contributed by atoms with Gasteiger partial charge in [-0.1, -0.05) is 35.6 Å². The fraction of sp³-hybridized carbons (Fsp3) is 0.231. The number of methoxy groups -OCH3 is 1. The molecule has 1 atom stereocenters. The summed E-state index contributed by atoms with van der Waals surface area (Å²) in [6, 6.07) is 13.2. The molecule has 1 aliphatic rings. The van der Waals surface area contributed by atoms with E-state index in [4.69, 9.17) is 19.3 Å². The van der Waals surface area contributed by atoms with Crippen LogP contribution in [-0.2, 0) is 14.3 Å². The van der Waals surface area contributed by atoms with Gasteiger partial charge in [0.25, 0.3) is 5.56 Å². The van der Waals surface area contributed by atoms with Crippen molar-refractivity contribution in [1.29, 1.82) is 0 Å². The van der Waals surface area contributed by atoms with E-state index in [1.165, 1.54) is 15.9 Å². The monoisotopic (exact) mass is 508 g/mol. The molecule has 36 heavy (non-hydrogen) atoms. The van der Waals surface area contributed by atoms with E-state index >= 15 is 0 Å². The lowest BCUT2D eigenvalue weighted by Crippen LogP contribution is -2.39. The number of thiazole rings is 1. The second-order valence-corrected chi connectivity index (χ2v) is 8.84. The third kappa shape index (κ3) is 5.08. The fourth-order valence-electron chi connectivity index (χ4n) is 3.85. The Kier molecular flexibility index (Phi) is 7.35. The van der Waals surface area contributed by atoms with Crippen LogP contribution >= 0.6 is 11.3 Å². The number of fused-ring (bicyclic) bond motifs is 1. The number of rotatable bonds is 8. The molecule has 0 fully saturated rings. The summed E-state index contributed by atoms with van der Waals surface area (Å²) in [7, 11) is 1.57. The number of carbonyl (C=O) groups is 2. The molecule has 0 aliphatic carbocycles. The van der Waals surface area contributed by atoms with Gasteiger partial charge in [-0.25, -0.2) is 14.6 Å². The molecule has 1 N–H and O–H groups in total. The molecule has 9 nitrogen and oxygen atoms in total. The molecule has 0 saturated carbocycles. The van der Waals surface area contributed by atoms with Gasteiger partial charge < -0.3 is 19.3 Å². The van der Waals surface area contributed by atoms with Crippen molar-refractivity contribution in [3.8, 4) is 11.5 Å². The van der Waals surface area contributed by atoms with Crippen molar-refractivity contribution in [3.63, 3.8) is 0 Å². The van der Waals surface area contributed by atoms with Crippen molar-refractivity contribution in [2.24, 2.45) is 4.99 Å². The Morgan fingerprint density at radius 3 is 2.39 bits per heavy atom. The molecule has 0 unspecified atom stereocenters. The van der Waals surface area contributed by atoms with Gasteiger partial charge in [-0.05, 0) is 55.3 Å². The van der Waals surface area contributed by atoms with Crippen LogP contribution < -0.4 is 24.4 Å². The smallest absolute Gasteiger partial charge is 0.341 e. The molecule has 186 valence electrons. The van der Waals surface area contributed by atoms with E-state index in [9.17, 15) is 14.4 Å². The zero-order valence-electron chi connectivity index (χ0n) is 19.9. The molecule has 2 heterocycles. The first kappa shape index (κ1) is 24.9. The average Bonchev–Trinajstić information content (AvgIpc) is 3.17. The van der Waals surface area contributed by atoms with Crippen LogP contribution in [0.2, 0.25) is 0 Å². The number of hydrogen-bond acceptors (Lipinski definition) is 8. The van der Waals surface area contributed by atoms with Crippen molar-refractivity contribution >= 4 is 29.4 Å². The molecule has 3 aromatic rings. The molecule has 0 saturated heterocycles. The number of benzene rings is 2. The van der Waals surface area contributed by atoms with E-state index in [1.807, 2.05) is 12.1 Å². The SMILES string of the molecule is CCOC(=O)C1=C(C)N=c2s/c(=C/c3ccc(OCC(=O)O)cc3)c(=O)n2[C@H]1c1ccc(OC)cc1. The van der Waals surface area contributed by atoms with Crippen molar-refractivity contribution in [2.75, 3.05) is 20.3 Å². The minimum absolute atomic E-state index is 0.196. The van der Waals surface area contributed by atoms with Gasteiger partial charge in [0.2, 0.25) is 0 Å². The van der Waals surface area contributed by atoms with E-state index in [1.54, 1.807) is 63.4 Å². The number of allylic oxidation sites excluding steroid dienone is 1. The minimum atomic E-state index is -1.07. The summed E-state index contributed by atoms with van der Waals surface area (Å²) in [5, 5.41) is 8.75. The number of carboxylic acids is 1. The summed E-state index contributed by atoms with van der Waals surface area (Å²) >= 11 is 1.22. The Morgan fingerprint density at radius 1 is 1.11 bits per heavy atom. The van der Waals surface area contributed by atoms with Gasteiger partial charge in [-0.15, -0.1) is 0 Å². The lowest BCUT2D eigenvalue weighted by molar-refractivity contribution is -0.140. The van der Waals surface area contributed by atoms with E-state index in [0.717, 1.165) is 11.1 Å². The molecule has 0 radical (unpaired) electrons. The molecule has 1 aromatic heterocycles. The topological polar surface area (TPSA) is 116 Å². The second kappa shape index (κ2) is 10.6. The summed E-state index contributed by atoms with van der Waals surface area (Å²) in [4.78, 5) is 42.2. The standard InChI is InChI=1S/C26H24N2O7S/c1-4-34-25(32)22-15(2)27-26-28(23(22)17-7-11-18(33-3)12-8-17)24(31)20(36-26)13-16-5-9-19(10-6-16)35-14-21(29)30/h5-13,23H,4,14H2,1-3H3,(H,29,30)/b20-13+/t23-/m0/s1. The molecule has 0 amide bonds. The lowest BCUT2D eigenvalue weighted by atomic mass is 9.96. The van der Waals surface area contributed by atoms with Crippen LogP contribution in [0.5, 0.6) is 11.5 Å². The molecular weight excluding hydrogens is 484 g/mol. The first-order chi connectivity index (χ1) is 17.3. The maximum Gasteiger partial charge on any atom is 0.341 e. The van der Waals surface area contributed by atoms with Crippen LogP contribution in [0.25, 0.3) is 6.08 Å². The first-order valence-electron chi connectivity index (χ1n) is 11.1. The highest BCUT2D eigenvalue weighted by molar-refractivity contribution is 7.07. The van der Waals surface area contributed by atoms with E-state index in [2.05, 4.69) is 4.99 Å². The number of aromatic nitrogens is 1. The Morgan fingerprint density at radius 2 is 1.78 bits per heavy atom. The van der Waals surface area contributed by atoms with Gasteiger partial charge in [0, 0.05) is 0 Å². The lowest BCUT2D eigenvalue weighted by Gasteiger charge is -2.24. The zero-order chi connectivity index (χ0) is 25.8. The Hall–Kier alpha value is -4.18. The molecule has 4 rings (SSSR count). The normalized spacial score (nSPS) is 15.2. The molecule has 1 aliphatic heterocycles. The highest BCUT2D eigenvalue weighted by Crippen LogP contribution is 2.31. The summed E-state index contributed by atoms with van der Waals surface area (Å²) in [5.41, 5.74) is 1.95. The van der Waals surface area contributed by atoms with Crippen LogP contribution in [0.4, 0.5) is 0 Å². The maximum atomic E-state index is 13.6. The number of aliphatic carboxylic acids is 1. The summed E-state index contributed by atoms with van der Waals surface area (Å²) < 4.78 is 17.7. The fourth-order valence-corrected chi connectivity index (χ4v) is 4.90. The molecule has 2 aromatic carbocycles. The average molecular weight is 509 g/mol. The number of carbonyl (C=O) groups excluding carboxylic acids is 1. The van der Waals surface area contributed by atoms with Crippen LogP contribution in [0.15, 0.2) is 69.6 Å². The number of carboxylic acid groups (broad SMARTS) is 1. The third-order valence-corrected chi connectivity index (χ3v) is 6.47. The Balaban J connectivity index is 1.81. The summed E-state index contributed by atoms with van der Waals surface area (Å²) in [6.07, 6.45) is 1.72. The summed E-state index contributed by atoms with van der Waals surface area (Å²) in [6.45, 7) is 3.21.